The van der Waals surface area contributed by atoms with Crippen molar-refractivity contribution in [2.24, 2.45) is 5.73 Å². The van der Waals surface area contributed by atoms with Crippen molar-refractivity contribution in [3.8, 4) is 0 Å². The highest BCUT2D eigenvalue weighted by molar-refractivity contribution is 9.10. The minimum atomic E-state index is -1.13. The summed E-state index contributed by atoms with van der Waals surface area (Å²) in [5, 5.41) is 4.43. The molecule has 0 bridgehead atoms. The van der Waals surface area contributed by atoms with Crippen LogP contribution in [-0.4, -0.2) is 51.7 Å². The van der Waals surface area contributed by atoms with E-state index >= 15 is 0 Å². The summed E-state index contributed by atoms with van der Waals surface area (Å²) in [4.78, 5) is 37.5. The van der Waals surface area contributed by atoms with Crippen LogP contribution in [0.1, 0.15) is 50.1 Å². The van der Waals surface area contributed by atoms with Crippen molar-refractivity contribution in [1.82, 2.24) is 20.2 Å². The molecule has 2 unspecified atom stereocenters. The number of hydrogen-bond acceptors (Lipinski definition) is 6. The summed E-state index contributed by atoms with van der Waals surface area (Å²) in [6.07, 6.45) is 2.86. The summed E-state index contributed by atoms with van der Waals surface area (Å²) < 4.78 is 0.948. The van der Waals surface area contributed by atoms with Crippen LogP contribution in [0.25, 0.3) is 10.9 Å². The lowest BCUT2D eigenvalue weighted by Crippen LogP contribution is -2.60. The normalized spacial score (nSPS) is 23.8. The van der Waals surface area contributed by atoms with Gasteiger partial charge in [-0.3, -0.25) is 9.59 Å². The third-order valence-electron chi connectivity index (χ3n) is 6.38. The van der Waals surface area contributed by atoms with Gasteiger partial charge in [-0.15, -0.1) is 11.3 Å². The maximum Gasteiger partial charge on any atom is 0.280 e. The van der Waals surface area contributed by atoms with Gasteiger partial charge in [0.15, 0.2) is 5.01 Å². The number of aromatic nitrogens is 2. The van der Waals surface area contributed by atoms with E-state index in [0.29, 0.717) is 23.5 Å². The van der Waals surface area contributed by atoms with E-state index in [4.69, 9.17) is 5.73 Å². The first-order chi connectivity index (χ1) is 14.8. The molecule has 1 saturated carbocycles. The van der Waals surface area contributed by atoms with E-state index in [-0.39, 0.29) is 11.7 Å². The van der Waals surface area contributed by atoms with Crippen LogP contribution in [0.5, 0.6) is 0 Å². The maximum atomic E-state index is 13.4. The summed E-state index contributed by atoms with van der Waals surface area (Å²) in [5.74, 6) is -0.403. The standard InChI is InChI=1S/C22H24BrN5O2S/c1-28-8-6-15-17(11-28)31-21(26-15)20(30)27-18-3-2-7-22(18,24)19(29)16-10-12-9-13(23)4-5-14(12)25-16/h4-5,9-10,18,25H,2-3,6-8,11,24H2,1H3,(H,27,30). The van der Waals surface area contributed by atoms with E-state index in [0.717, 1.165) is 51.9 Å². The van der Waals surface area contributed by atoms with Gasteiger partial charge >= 0.3 is 0 Å². The number of nitrogens with two attached hydrogens (primary N) is 1. The number of nitrogens with zero attached hydrogens (tertiary/aromatic N) is 2. The van der Waals surface area contributed by atoms with Crippen LogP contribution in [0.4, 0.5) is 0 Å². The molecular weight excluding hydrogens is 478 g/mol. The van der Waals surface area contributed by atoms with E-state index in [2.05, 4.69) is 43.2 Å². The van der Waals surface area contributed by atoms with Crippen molar-refractivity contribution in [1.29, 1.82) is 0 Å². The topological polar surface area (TPSA) is 104 Å². The number of thiazole rings is 1. The molecule has 1 aromatic carbocycles. The molecule has 162 valence electrons. The smallest absolute Gasteiger partial charge is 0.280 e. The molecular formula is C22H24BrN5O2S. The molecule has 2 aliphatic rings. The number of carbonyl (C=O) groups excluding carboxylic acids is 2. The predicted octanol–water partition coefficient (Wildman–Crippen LogP) is 3.24. The van der Waals surface area contributed by atoms with Crippen molar-refractivity contribution in [3.63, 3.8) is 0 Å². The number of Topliss-reactive ketones (excluding diaryl/α,β-unsaturated/α-hetero) is 1. The van der Waals surface area contributed by atoms with Crippen LogP contribution in [0.2, 0.25) is 0 Å². The second kappa shape index (κ2) is 7.81. The van der Waals surface area contributed by atoms with Crippen molar-refractivity contribution in [2.45, 2.75) is 43.8 Å². The fourth-order valence-electron chi connectivity index (χ4n) is 4.62. The van der Waals surface area contributed by atoms with Gasteiger partial charge in [-0.25, -0.2) is 4.98 Å². The summed E-state index contributed by atoms with van der Waals surface area (Å²) in [6.45, 7) is 1.77. The monoisotopic (exact) mass is 501 g/mol. The number of amides is 1. The van der Waals surface area contributed by atoms with Gasteiger partial charge in [-0.05, 0) is 50.6 Å². The number of fused-ring (bicyclic) bond motifs is 2. The molecule has 7 nitrogen and oxygen atoms in total. The Hall–Kier alpha value is -2.07. The number of hydrogen-bond donors (Lipinski definition) is 3. The lowest BCUT2D eigenvalue weighted by molar-refractivity contribution is 0.0831. The third-order valence-corrected chi connectivity index (χ3v) is 7.95. The number of ketones is 1. The molecule has 1 amide bonds. The van der Waals surface area contributed by atoms with Gasteiger partial charge in [0.05, 0.1) is 17.4 Å². The molecule has 0 saturated heterocycles. The van der Waals surface area contributed by atoms with Crippen molar-refractivity contribution in [2.75, 3.05) is 13.6 Å². The van der Waals surface area contributed by atoms with Crippen LogP contribution < -0.4 is 11.1 Å². The van der Waals surface area contributed by atoms with Crippen LogP contribution in [-0.2, 0) is 13.0 Å². The number of likely N-dealkylation sites (N-methyl/N-ethyl adjacent to an activating group) is 1. The van der Waals surface area contributed by atoms with Crippen LogP contribution in [0.15, 0.2) is 28.7 Å². The highest BCUT2D eigenvalue weighted by Gasteiger charge is 2.47. The highest BCUT2D eigenvalue weighted by atomic mass is 79.9. The summed E-state index contributed by atoms with van der Waals surface area (Å²) in [7, 11) is 2.07. The second-order valence-corrected chi connectivity index (χ2v) is 10.6. The predicted molar refractivity (Wildman–Crippen MR) is 125 cm³/mol. The fourth-order valence-corrected chi connectivity index (χ4v) is 6.09. The van der Waals surface area contributed by atoms with Crippen molar-refractivity contribution >= 4 is 49.9 Å². The number of halogens is 1. The quantitative estimate of drug-likeness (QED) is 0.476. The van der Waals surface area contributed by atoms with Gasteiger partial charge < -0.3 is 20.9 Å². The summed E-state index contributed by atoms with van der Waals surface area (Å²) >= 11 is 4.90. The molecule has 3 aromatic rings. The molecule has 0 radical (unpaired) electrons. The SMILES string of the molecule is CN1CCc2nc(C(=O)NC3CCCC3(N)C(=O)c3cc4cc(Br)ccc4[nH]3)sc2C1. The minimum Gasteiger partial charge on any atom is -0.352 e. The lowest BCUT2D eigenvalue weighted by atomic mass is 9.87. The van der Waals surface area contributed by atoms with E-state index in [1.165, 1.54) is 11.3 Å². The van der Waals surface area contributed by atoms with Crippen molar-refractivity contribution in [3.05, 3.63) is 50.0 Å². The van der Waals surface area contributed by atoms with E-state index < -0.39 is 11.6 Å². The molecule has 31 heavy (non-hydrogen) atoms. The first-order valence-corrected chi connectivity index (χ1v) is 12.0. The number of carbonyl (C=O) groups is 2. The molecule has 1 fully saturated rings. The molecule has 2 aromatic heterocycles. The fraction of sp³-hybridized carbons (Fsp3) is 0.409. The van der Waals surface area contributed by atoms with Gasteiger partial charge in [0.1, 0.15) is 5.54 Å². The average molecular weight is 502 g/mol. The first kappa shape index (κ1) is 20.8. The molecule has 9 heteroatoms. The van der Waals surface area contributed by atoms with E-state index in [1.54, 1.807) is 0 Å². The zero-order valence-corrected chi connectivity index (χ0v) is 19.6. The Morgan fingerprint density at radius 1 is 1.39 bits per heavy atom. The zero-order chi connectivity index (χ0) is 21.8. The lowest BCUT2D eigenvalue weighted by Gasteiger charge is -2.30. The van der Waals surface area contributed by atoms with Gasteiger partial charge in [-0.1, -0.05) is 15.9 Å². The molecule has 0 spiro atoms. The van der Waals surface area contributed by atoms with Crippen LogP contribution in [0.3, 0.4) is 0 Å². The van der Waals surface area contributed by atoms with E-state index in [1.807, 2.05) is 24.3 Å². The number of aromatic amines is 1. The Kier molecular flexibility index (Phi) is 5.24. The van der Waals surface area contributed by atoms with Crippen LogP contribution >= 0.6 is 27.3 Å². The van der Waals surface area contributed by atoms with E-state index in [9.17, 15) is 9.59 Å². The Morgan fingerprint density at radius 2 is 2.23 bits per heavy atom. The maximum absolute atomic E-state index is 13.4. The molecule has 1 aliphatic heterocycles. The third kappa shape index (κ3) is 3.73. The Morgan fingerprint density at radius 3 is 3.06 bits per heavy atom. The number of benzene rings is 1. The molecule has 5 rings (SSSR count). The number of nitrogens with one attached hydrogen (secondary N) is 2. The number of H-pyrrole nitrogens is 1. The largest absolute Gasteiger partial charge is 0.352 e. The zero-order valence-electron chi connectivity index (χ0n) is 17.2. The summed E-state index contributed by atoms with van der Waals surface area (Å²) in [6, 6.07) is 7.22. The van der Waals surface area contributed by atoms with Gasteiger partial charge in [0.2, 0.25) is 5.78 Å². The van der Waals surface area contributed by atoms with Gasteiger partial charge in [-0.2, -0.15) is 0 Å². The molecule has 2 atom stereocenters. The highest BCUT2D eigenvalue weighted by Crippen LogP contribution is 2.33. The van der Waals surface area contributed by atoms with Crippen molar-refractivity contribution < 1.29 is 9.59 Å². The second-order valence-electron chi connectivity index (χ2n) is 8.58. The average Bonchev–Trinajstić information content (AvgIpc) is 3.44. The molecule has 4 N–H and O–H groups in total. The van der Waals surface area contributed by atoms with Gasteiger partial charge in [0, 0.05) is 39.8 Å². The Bertz CT molecular complexity index is 1190. The molecule has 1 aliphatic carbocycles. The number of rotatable bonds is 4. The molecule has 3 heterocycles. The first-order valence-electron chi connectivity index (χ1n) is 10.4. The minimum absolute atomic E-state index is 0.164. The van der Waals surface area contributed by atoms with Crippen LogP contribution in [0, 0.1) is 0 Å². The Balaban J connectivity index is 1.36. The van der Waals surface area contributed by atoms with Gasteiger partial charge in [0.25, 0.3) is 5.91 Å². The summed E-state index contributed by atoms with van der Waals surface area (Å²) in [5.41, 5.74) is 7.89. The Labute approximate surface area is 192 Å².